The van der Waals surface area contributed by atoms with Gasteiger partial charge in [-0.2, -0.15) is 0 Å². The zero-order valence-electron chi connectivity index (χ0n) is 32.8. The predicted octanol–water partition coefficient (Wildman–Crippen LogP) is 5.68. The van der Waals surface area contributed by atoms with E-state index in [1.807, 2.05) is 87.2 Å². The van der Waals surface area contributed by atoms with Gasteiger partial charge in [-0.05, 0) is 58.9 Å². The van der Waals surface area contributed by atoms with Crippen molar-refractivity contribution < 1.29 is 33.3 Å². The number of Topliss-reactive ketones (excluding diaryl/α,β-unsaturated/α-hetero) is 1. The van der Waals surface area contributed by atoms with Crippen molar-refractivity contribution in [1.82, 2.24) is 34.0 Å². The number of benzene rings is 2. The van der Waals surface area contributed by atoms with Gasteiger partial charge < -0.3 is 49.2 Å². The summed E-state index contributed by atoms with van der Waals surface area (Å²) in [6.07, 6.45) is 1.16. The van der Waals surface area contributed by atoms with Gasteiger partial charge >= 0.3 is 6.09 Å². The molecule has 4 N–H and O–H groups in total. The lowest BCUT2D eigenvalue weighted by molar-refractivity contribution is -0.121. The Balaban J connectivity index is 0.000000182. The summed E-state index contributed by atoms with van der Waals surface area (Å²) in [6.45, 7) is 12.8. The molecule has 0 saturated carbocycles. The maximum atomic E-state index is 12.4. The number of rotatable bonds is 8. The molecule has 0 bridgehead atoms. The minimum absolute atomic E-state index is 0.0157. The predicted molar refractivity (Wildman–Crippen MR) is 212 cm³/mol. The number of ketones is 1. The van der Waals surface area contributed by atoms with Gasteiger partial charge in [0.15, 0.2) is 17.4 Å². The van der Waals surface area contributed by atoms with E-state index in [2.05, 4.69) is 19.9 Å². The molecule has 296 valence electrons. The van der Waals surface area contributed by atoms with E-state index >= 15 is 0 Å². The number of hydrogen-bond acceptors (Lipinski definition) is 13. The maximum Gasteiger partial charge on any atom is 0.410 e. The van der Waals surface area contributed by atoms with Crippen LogP contribution in [-0.4, -0.2) is 90.5 Å². The van der Waals surface area contributed by atoms with Crippen molar-refractivity contribution in [3.8, 4) is 11.5 Å². The maximum absolute atomic E-state index is 12.4. The molecule has 6 heterocycles. The molecule has 2 aromatic carbocycles. The van der Waals surface area contributed by atoms with Crippen LogP contribution in [0.2, 0.25) is 0 Å². The smallest absolute Gasteiger partial charge is 0.410 e. The Morgan fingerprint density at radius 3 is 2.12 bits per heavy atom. The molecule has 4 aromatic heterocycles. The van der Waals surface area contributed by atoms with Crippen molar-refractivity contribution in [3.05, 3.63) is 48.0 Å². The van der Waals surface area contributed by atoms with E-state index < -0.39 is 5.60 Å². The molecular weight excluding hydrogens is 718 g/mol. The van der Waals surface area contributed by atoms with Crippen LogP contribution in [0, 0.1) is 0 Å². The number of anilines is 2. The molecular formula is C40H49N9O7. The van der Waals surface area contributed by atoms with Gasteiger partial charge in [-0.25, -0.2) is 24.7 Å². The van der Waals surface area contributed by atoms with Crippen molar-refractivity contribution >= 4 is 67.4 Å². The van der Waals surface area contributed by atoms with Gasteiger partial charge in [0, 0.05) is 46.2 Å². The molecule has 1 amide bonds. The number of amides is 1. The van der Waals surface area contributed by atoms with Crippen molar-refractivity contribution in [2.24, 2.45) is 7.05 Å². The lowest BCUT2D eigenvalue weighted by atomic mass is 10.1. The number of likely N-dealkylation sites (tertiary alicyclic amines) is 1. The number of nitrogens with two attached hydrogens (primary N) is 2. The average Bonchev–Trinajstić information content (AvgIpc) is 3.68. The first-order valence-corrected chi connectivity index (χ1v) is 18.9. The van der Waals surface area contributed by atoms with Crippen LogP contribution < -0.4 is 20.9 Å². The Morgan fingerprint density at radius 2 is 1.46 bits per heavy atom. The minimum Gasteiger partial charge on any atom is -0.490 e. The molecule has 2 aliphatic rings. The molecule has 1 fully saturated rings. The molecule has 0 aliphatic carbocycles. The van der Waals surface area contributed by atoms with Gasteiger partial charge in [0.1, 0.15) is 65.7 Å². The van der Waals surface area contributed by atoms with Crippen LogP contribution in [0.4, 0.5) is 16.4 Å². The summed E-state index contributed by atoms with van der Waals surface area (Å²) in [7, 11) is 1.96. The second-order valence-electron chi connectivity index (χ2n) is 14.8. The number of imidazole rings is 2. The van der Waals surface area contributed by atoms with Crippen molar-refractivity contribution in [1.29, 1.82) is 0 Å². The number of fused-ring (bicyclic) bond motifs is 3. The summed E-state index contributed by atoms with van der Waals surface area (Å²) >= 11 is 0. The monoisotopic (exact) mass is 767 g/mol. The van der Waals surface area contributed by atoms with E-state index in [0.29, 0.717) is 73.8 Å². The molecule has 16 heteroatoms. The number of ether oxygens (including phenoxy) is 5. The first-order chi connectivity index (χ1) is 26.9. The average molecular weight is 768 g/mol. The second kappa shape index (κ2) is 15.8. The van der Waals surface area contributed by atoms with Crippen LogP contribution in [0.1, 0.15) is 59.1 Å². The van der Waals surface area contributed by atoms with Crippen LogP contribution in [0.5, 0.6) is 11.5 Å². The van der Waals surface area contributed by atoms with Crippen LogP contribution in [0.25, 0.3) is 43.9 Å². The fraction of sp³-hybridized carbons (Fsp3) is 0.450. The summed E-state index contributed by atoms with van der Waals surface area (Å²) in [5, 5.41) is 1.72. The Hall–Kier alpha value is -5.74. The highest BCUT2D eigenvalue weighted by molar-refractivity contribution is 6.11. The number of nitrogen functional groups attached to an aromatic ring is 2. The Bertz CT molecular complexity index is 2430. The second-order valence-corrected chi connectivity index (χ2v) is 14.8. The molecule has 56 heavy (non-hydrogen) atoms. The van der Waals surface area contributed by atoms with Crippen LogP contribution in [0.3, 0.4) is 0 Å². The zero-order chi connectivity index (χ0) is 39.7. The minimum atomic E-state index is -0.502. The number of nitrogens with zero attached hydrogens (tertiary/aromatic N) is 7. The molecule has 8 rings (SSSR count). The standard InChI is InChI=1S/C24H33N5O4.C16H16N4O3/c1-6-31-14-18-27-20-21(28(18)5)19-16(26-22(20)25)8-7-9-17(19)32-15-10-12-29(13-11-15)23(30)33-24(2,3)4;1-2-22-8-12-19-14-15-13-10(18-16(14)17)4-3-5-11(13)23-7-9(21)6-20(12)15/h7-9,15H,6,10-14H2,1-5H3,(H2,25,26);3-5H,2,6-8H2,1H3,(H2,17,18). The van der Waals surface area contributed by atoms with Gasteiger partial charge in [0.2, 0.25) is 0 Å². The highest BCUT2D eigenvalue weighted by Gasteiger charge is 2.29. The van der Waals surface area contributed by atoms with Crippen LogP contribution in [0.15, 0.2) is 36.4 Å². The topological polar surface area (TPSA) is 197 Å². The van der Waals surface area contributed by atoms with E-state index in [1.165, 1.54) is 0 Å². The third kappa shape index (κ3) is 7.71. The van der Waals surface area contributed by atoms with Gasteiger partial charge in [-0.3, -0.25) is 4.79 Å². The molecule has 2 aliphatic heterocycles. The summed E-state index contributed by atoms with van der Waals surface area (Å²) in [4.78, 5) is 44.5. The van der Waals surface area contributed by atoms with E-state index in [1.54, 1.807) is 4.90 Å². The highest BCUT2D eigenvalue weighted by atomic mass is 16.6. The fourth-order valence-corrected chi connectivity index (χ4v) is 7.06. The van der Waals surface area contributed by atoms with Crippen molar-refractivity contribution in [2.75, 3.05) is 44.4 Å². The van der Waals surface area contributed by atoms with Crippen LogP contribution >= 0.6 is 0 Å². The number of hydrogen-bond donors (Lipinski definition) is 2. The van der Waals surface area contributed by atoms with Gasteiger partial charge in [-0.15, -0.1) is 0 Å². The van der Waals surface area contributed by atoms with Crippen molar-refractivity contribution in [3.63, 3.8) is 0 Å². The van der Waals surface area contributed by atoms with Gasteiger partial charge in [0.05, 0.1) is 39.4 Å². The van der Waals surface area contributed by atoms with Gasteiger partial charge in [0.25, 0.3) is 0 Å². The lowest BCUT2D eigenvalue weighted by Gasteiger charge is -2.33. The number of aryl methyl sites for hydroxylation is 1. The van der Waals surface area contributed by atoms with E-state index in [4.69, 9.17) is 35.2 Å². The number of aromatic nitrogens is 6. The molecule has 1 saturated heterocycles. The van der Waals surface area contributed by atoms with Gasteiger partial charge in [-0.1, -0.05) is 12.1 Å². The third-order valence-corrected chi connectivity index (χ3v) is 9.66. The SMILES string of the molecule is CCOCc1nc2c(N)nc3cccc(OC4CCN(C(=O)OC(C)(C)C)CC4)c3c2n1C.CCOCc1nc2c(N)nc3cccc4c3c2n1CC(=O)CO4. The Kier molecular flexibility index (Phi) is 10.9. The summed E-state index contributed by atoms with van der Waals surface area (Å²) in [5.41, 5.74) is 16.2. The third-order valence-electron chi connectivity index (χ3n) is 9.66. The lowest BCUT2D eigenvalue weighted by Crippen LogP contribution is -2.44. The molecule has 6 aromatic rings. The Morgan fingerprint density at radius 1 is 0.857 bits per heavy atom. The number of pyridine rings is 2. The first-order valence-electron chi connectivity index (χ1n) is 18.9. The normalized spacial score (nSPS) is 14.9. The van der Waals surface area contributed by atoms with E-state index in [9.17, 15) is 9.59 Å². The summed E-state index contributed by atoms with van der Waals surface area (Å²) in [5.74, 6) is 3.53. The number of piperidine rings is 1. The molecule has 0 unspecified atom stereocenters. The molecule has 16 nitrogen and oxygen atoms in total. The number of carbonyl (C=O) groups is 2. The first kappa shape index (κ1) is 38.5. The summed E-state index contributed by atoms with van der Waals surface area (Å²) < 4.78 is 32.6. The fourth-order valence-electron chi connectivity index (χ4n) is 7.06. The van der Waals surface area contributed by atoms with Crippen molar-refractivity contribution in [2.45, 2.75) is 78.9 Å². The summed E-state index contributed by atoms with van der Waals surface area (Å²) in [6, 6.07) is 11.3. The molecule has 0 spiro atoms. The van der Waals surface area contributed by atoms with E-state index in [-0.39, 0.29) is 31.1 Å². The number of carbonyl (C=O) groups excluding carboxylic acids is 2. The largest absolute Gasteiger partial charge is 0.490 e. The quantitative estimate of drug-likeness (QED) is 0.192. The molecule has 0 radical (unpaired) electrons. The molecule has 0 atom stereocenters. The Labute approximate surface area is 324 Å². The zero-order valence-corrected chi connectivity index (χ0v) is 32.8. The highest BCUT2D eigenvalue weighted by Crippen LogP contribution is 2.37. The van der Waals surface area contributed by atoms with Crippen LogP contribution in [-0.2, 0) is 45.8 Å². The van der Waals surface area contributed by atoms with E-state index in [0.717, 1.165) is 57.3 Å².